The highest BCUT2D eigenvalue weighted by Crippen LogP contribution is 2.37. The van der Waals surface area contributed by atoms with Gasteiger partial charge >= 0.3 is 6.09 Å². The van der Waals surface area contributed by atoms with E-state index in [4.69, 9.17) is 4.74 Å². The Hall–Kier alpha value is -2.56. The van der Waals surface area contributed by atoms with E-state index in [9.17, 15) is 4.79 Å². The summed E-state index contributed by atoms with van der Waals surface area (Å²) in [6, 6.07) is 14.0. The van der Waals surface area contributed by atoms with Crippen molar-refractivity contribution in [2.24, 2.45) is 0 Å². The molecule has 1 atom stereocenters. The average molecular weight is 351 g/mol. The highest BCUT2D eigenvalue weighted by Gasteiger charge is 2.34. The second kappa shape index (κ2) is 7.77. The van der Waals surface area contributed by atoms with Crippen LogP contribution in [0.4, 0.5) is 10.6 Å². The lowest BCUT2D eigenvalue weighted by Crippen LogP contribution is -2.32. The average Bonchev–Trinajstić information content (AvgIpc) is 3.39. The minimum Gasteiger partial charge on any atom is -0.445 e. The second-order valence-electron chi connectivity index (χ2n) is 7.00. The molecule has 0 aliphatic carbocycles. The summed E-state index contributed by atoms with van der Waals surface area (Å²) in [4.78, 5) is 21.6. The summed E-state index contributed by atoms with van der Waals surface area (Å²) in [7, 11) is 0. The number of rotatable bonds is 4. The molecule has 26 heavy (non-hydrogen) atoms. The molecule has 1 aromatic heterocycles. The number of amides is 1. The quantitative estimate of drug-likeness (QED) is 0.830. The Balaban J connectivity index is 1.49. The van der Waals surface area contributed by atoms with Gasteiger partial charge in [0.15, 0.2) is 0 Å². The first-order chi connectivity index (χ1) is 12.8. The predicted octanol–water partition coefficient (Wildman–Crippen LogP) is 4.16. The van der Waals surface area contributed by atoms with Gasteiger partial charge in [-0.3, -0.25) is 0 Å². The van der Waals surface area contributed by atoms with Crippen molar-refractivity contribution in [3.05, 3.63) is 59.8 Å². The molecule has 2 aliphatic heterocycles. The number of ether oxygens (including phenoxy) is 1. The minimum absolute atomic E-state index is 0.0579. The monoisotopic (exact) mass is 351 g/mol. The van der Waals surface area contributed by atoms with Crippen molar-refractivity contribution < 1.29 is 9.53 Å². The molecule has 4 rings (SSSR count). The Labute approximate surface area is 154 Å². The van der Waals surface area contributed by atoms with Crippen LogP contribution in [0, 0.1) is 0 Å². The number of hydrogen-bond acceptors (Lipinski definition) is 4. The van der Waals surface area contributed by atoms with Crippen molar-refractivity contribution in [1.29, 1.82) is 0 Å². The lowest BCUT2D eigenvalue weighted by molar-refractivity contribution is 0.0921. The highest BCUT2D eigenvalue weighted by atomic mass is 16.6. The Kier molecular flexibility index (Phi) is 5.04. The van der Waals surface area contributed by atoms with E-state index in [1.54, 1.807) is 0 Å². The van der Waals surface area contributed by atoms with Gasteiger partial charge in [-0.2, -0.15) is 0 Å². The molecule has 5 heteroatoms. The van der Waals surface area contributed by atoms with Crippen LogP contribution in [0.2, 0.25) is 0 Å². The van der Waals surface area contributed by atoms with Crippen molar-refractivity contribution in [1.82, 2.24) is 9.88 Å². The van der Waals surface area contributed by atoms with Crippen LogP contribution in [0.25, 0.3) is 0 Å². The summed E-state index contributed by atoms with van der Waals surface area (Å²) in [5.41, 5.74) is 2.17. The van der Waals surface area contributed by atoms with Crippen LogP contribution < -0.4 is 4.90 Å². The van der Waals surface area contributed by atoms with Crippen molar-refractivity contribution >= 4 is 11.9 Å². The van der Waals surface area contributed by atoms with Gasteiger partial charge in [-0.25, -0.2) is 9.78 Å². The molecule has 5 nitrogen and oxygen atoms in total. The molecule has 0 bridgehead atoms. The normalized spacial score (nSPS) is 19.8. The summed E-state index contributed by atoms with van der Waals surface area (Å²) in [6.45, 7) is 3.16. The fourth-order valence-corrected chi connectivity index (χ4v) is 3.97. The van der Waals surface area contributed by atoms with E-state index in [-0.39, 0.29) is 12.1 Å². The zero-order valence-electron chi connectivity index (χ0n) is 15.0. The van der Waals surface area contributed by atoms with Gasteiger partial charge in [-0.1, -0.05) is 36.4 Å². The van der Waals surface area contributed by atoms with Crippen molar-refractivity contribution in [2.75, 3.05) is 24.5 Å². The maximum Gasteiger partial charge on any atom is 0.410 e. The fourth-order valence-electron chi connectivity index (χ4n) is 3.97. The first-order valence-corrected chi connectivity index (χ1v) is 9.50. The van der Waals surface area contributed by atoms with E-state index >= 15 is 0 Å². The largest absolute Gasteiger partial charge is 0.445 e. The third kappa shape index (κ3) is 3.52. The predicted molar refractivity (Wildman–Crippen MR) is 101 cm³/mol. The topological polar surface area (TPSA) is 45.7 Å². The van der Waals surface area contributed by atoms with Crippen molar-refractivity contribution in [3.63, 3.8) is 0 Å². The molecule has 0 radical (unpaired) electrons. The minimum atomic E-state index is -0.229. The molecule has 2 fully saturated rings. The Morgan fingerprint density at radius 2 is 1.85 bits per heavy atom. The van der Waals surface area contributed by atoms with Crippen molar-refractivity contribution in [3.8, 4) is 0 Å². The van der Waals surface area contributed by atoms with Gasteiger partial charge in [0.05, 0.1) is 6.04 Å². The lowest BCUT2D eigenvalue weighted by Gasteiger charge is -2.28. The van der Waals surface area contributed by atoms with Crippen LogP contribution >= 0.6 is 0 Å². The smallest absolute Gasteiger partial charge is 0.410 e. The van der Waals surface area contributed by atoms with Crippen LogP contribution in [0.5, 0.6) is 0 Å². The second-order valence-corrected chi connectivity index (χ2v) is 7.00. The van der Waals surface area contributed by atoms with Gasteiger partial charge in [0.2, 0.25) is 0 Å². The third-order valence-corrected chi connectivity index (χ3v) is 5.27. The van der Waals surface area contributed by atoms with Gasteiger partial charge in [-0.05, 0) is 37.3 Å². The lowest BCUT2D eigenvalue weighted by atomic mass is 10.1. The third-order valence-electron chi connectivity index (χ3n) is 5.27. The molecule has 136 valence electrons. The molecule has 1 unspecified atom stereocenters. The SMILES string of the molecule is O=C(OCc1ccccc1)N1CCCC1c1cccnc1N1CCCC1. The molecule has 1 aromatic carbocycles. The molecule has 3 heterocycles. The molecule has 0 spiro atoms. The number of hydrogen-bond donors (Lipinski definition) is 0. The van der Waals surface area contributed by atoms with Gasteiger partial charge in [0.1, 0.15) is 12.4 Å². The molecule has 2 aliphatic rings. The number of likely N-dealkylation sites (tertiary alicyclic amines) is 1. The number of aromatic nitrogens is 1. The maximum absolute atomic E-state index is 12.7. The Bertz CT molecular complexity index is 744. The van der Waals surface area contributed by atoms with E-state index in [1.165, 1.54) is 12.8 Å². The van der Waals surface area contributed by atoms with E-state index in [0.29, 0.717) is 6.61 Å². The Morgan fingerprint density at radius 1 is 1.04 bits per heavy atom. The van der Waals surface area contributed by atoms with Crippen LogP contribution in [-0.2, 0) is 11.3 Å². The number of nitrogens with zero attached hydrogens (tertiary/aromatic N) is 3. The van der Waals surface area contributed by atoms with Crippen LogP contribution in [0.15, 0.2) is 48.7 Å². The molecule has 0 saturated carbocycles. The summed E-state index contributed by atoms with van der Waals surface area (Å²) >= 11 is 0. The van der Waals surface area contributed by atoms with Gasteiger partial charge in [0, 0.05) is 31.4 Å². The molecule has 1 amide bonds. The van der Waals surface area contributed by atoms with Gasteiger partial charge in [-0.15, -0.1) is 0 Å². The molecule has 2 saturated heterocycles. The number of carbonyl (C=O) groups excluding carboxylic acids is 1. The number of carbonyl (C=O) groups is 1. The molecule has 0 N–H and O–H groups in total. The number of anilines is 1. The van der Waals surface area contributed by atoms with Crippen LogP contribution in [0.3, 0.4) is 0 Å². The molecular weight excluding hydrogens is 326 g/mol. The summed E-state index contributed by atoms with van der Waals surface area (Å²) in [6.07, 6.45) is 6.01. The van der Waals surface area contributed by atoms with Crippen LogP contribution in [-0.4, -0.2) is 35.6 Å². The van der Waals surface area contributed by atoms with Crippen LogP contribution in [0.1, 0.15) is 42.9 Å². The number of pyridine rings is 1. The summed E-state index contributed by atoms with van der Waals surface area (Å²) in [5.74, 6) is 1.04. The highest BCUT2D eigenvalue weighted by molar-refractivity contribution is 5.69. The Morgan fingerprint density at radius 3 is 2.65 bits per heavy atom. The zero-order valence-corrected chi connectivity index (χ0v) is 15.0. The van der Waals surface area contributed by atoms with Gasteiger partial charge < -0.3 is 14.5 Å². The van der Waals surface area contributed by atoms with E-state index in [1.807, 2.05) is 47.5 Å². The fraction of sp³-hybridized carbons (Fsp3) is 0.429. The van der Waals surface area contributed by atoms with E-state index in [0.717, 1.165) is 49.4 Å². The van der Waals surface area contributed by atoms with Crippen molar-refractivity contribution in [2.45, 2.75) is 38.3 Å². The first kappa shape index (κ1) is 16.9. The molecular formula is C21H25N3O2. The zero-order chi connectivity index (χ0) is 17.8. The standard InChI is InChI=1S/C21H25N3O2/c25-21(26-16-17-8-2-1-3-9-17)24-15-7-11-19(24)18-10-6-12-22-20(18)23-13-4-5-14-23/h1-3,6,8-10,12,19H,4-5,7,11,13-16H2. The van der Waals surface area contributed by atoms with Gasteiger partial charge in [0.25, 0.3) is 0 Å². The summed E-state index contributed by atoms with van der Waals surface area (Å²) < 4.78 is 5.58. The maximum atomic E-state index is 12.7. The first-order valence-electron chi connectivity index (χ1n) is 9.50. The summed E-state index contributed by atoms with van der Waals surface area (Å²) in [5, 5.41) is 0. The molecule has 2 aromatic rings. The van der Waals surface area contributed by atoms with E-state index in [2.05, 4.69) is 16.0 Å². The van der Waals surface area contributed by atoms with E-state index < -0.39 is 0 Å². The number of benzene rings is 1.